The lowest BCUT2D eigenvalue weighted by atomic mass is 10.1. The van der Waals surface area contributed by atoms with Gasteiger partial charge in [-0.25, -0.2) is 4.98 Å². The van der Waals surface area contributed by atoms with Gasteiger partial charge in [0.05, 0.1) is 7.11 Å². The number of benzene rings is 1. The van der Waals surface area contributed by atoms with Crippen molar-refractivity contribution in [3.05, 3.63) is 66.4 Å². The summed E-state index contributed by atoms with van der Waals surface area (Å²) in [6.07, 6.45) is 4.65. The molecule has 6 heteroatoms. The van der Waals surface area contributed by atoms with Gasteiger partial charge in [-0.15, -0.1) is 0 Å². The van der Waals surface area contributed by atoms with Gasteiger partial charge in [-0.2, -0.15) is 5.26 Å². The first-order chi connectivity index (χ1) is 12.2. The number of aromatic nitrogens is 1. The minimum absolute atomic E-state index is 0.0486. The highest BCUT2D eigenvalue weighted by molar-refractivity contribution is 6.09. The molecule has 25 heavy (non-hydrogen) atoms. The molecule has 0 aliphatic carbocycles. The van der Waals surface area contributed by atoms with Gasteiger partial charge in [0.25, 0.3) is 5.91 Å². The third-order valence-corrected chi connectivity index (χ3v) is 3.13. The van der Waals surface area contributed by atoms with Crippen LogP contribution in [-0.2, 0) is 4.79 Å². The van der Waals surface area contributed by atoms with Crippen LogP contribution in [0.1, 0.15) is 5.56 Å². The Morgan fingerprint density at radius 2 is 2.20 bits per heavy atom. The molecule has 1 aromatic heterocycles. The molecular weight excluding hydrogens is 318 g/mol. The quantitative estimate of drug-likeness (QED) is 0.477. The second-order valence-corrected chi connectivity index (χ2v) is 4.85. The van der Waals surface area contributed by atoms with Gasteiger partial charge in [-0.1, -0.05) is 24.8 Å². The van der Waals surface area contributed by atoms with Crippen LogP contribution in [0.15, 0.2) is 60.8 Å². The maximum atomic E-state index is 12.2. The van der Waals surface area contributed by atoms with E-state index in [0.717, 1.165) is 0 Å². The molecule has 2 aromatic rings. The second kappa shape index (κ2) is 8.89. The number of ether oxygens (including phenoxy) is 2. The van der Waals surface area contributed by atoms with Crippen LogP contribution < -0.4 is 14.8 Å². The molecule has 0 saturated carbocycles. The fourth-order valence-electron chi connectivity index (χ4n) is 1.98. The van der Waals surface area contributed by atoms with E-state index in [1.54, 1.807) is 48.7 Å². The number of nitriles is 1. The summed E-state index contributed by atoms with van der Waals surface area (Å²) < 4.78 is 10.7. The molecule has 0 unspecified atom stereocenters. The van der Waals surface area contributed by atoms with Gasteiger partial charge in [0.15, 0.2) is 11.5 Å². The van der Waals surface area contributed by atoms with Crippen molar-refractivity contribution >= 4 is 17.8 Å². The van der Waals surface area contributed by atoms with E-state index in [1.165, 1.54) is 13.2 Å². The van der Waals surface area contributed by atoms with Gasteiger partial charge < -0.3 is 14.8 Å². The number of anilines is 1. The molecule has 1 heterocycles. The maximum Gasteiger partial charge on any atom is 0.267 e. The van der Waals surface area contributed by atoms with E-state index in [-0.39, 0.29) is 5.57 Å². The van der Waals surface area contributed by atoms with E-state index in [9.17, 15) is 10.1 Å². The number of pyridine rings is 1. The molecule has 2 rings (SSSR count). The summed E-state index contributed by atoms with van der Waals surface area (Å²) in [4.78, 5) is 16.2. The second-order valence-electron chi connectivity index (χ2n) is 4.85. The van der Waals surface area contributed by atoms with Crippen molar-refractivity contribution in [2.24, 2.45) is 0 Å². The van der Waals surface area contributed by atoms with E-state index in [2.05, 4.69) is 16.9 Å². The molecule has 6 nitrogen and oxygen atoms in total. The first-order valence-electron chi connectivity index (χ1n) is 7.44. The molecule has 0 saturated heterocycles. The molecule has 1 amide bonds. The van der Waals surface area contributed by atoms with Gasteiger partial charge in [-0.3, -0.25) is 4.79 Å². The van der Waals surface area contributed by atoms with E-state index >= 15 is 0 Å². The highest BCUT2D eigenvalue weighted by Crippen LogP contribution is 2.29. The summed E-state index contributed by atoms with van der Waals surface area (Å²) in [7, 11) is 1.52. The van der Waals surface area contributed by atoms with Crippen molar-refractivity contribution < 1.29 is 14.3 Å². The predicted molar refractivity (Wildman–Crippen MR) is 95.1 cm³/mol. The molecule has 0 bridgehead atoms. The van der Waals surface area contributed by atoms with Crippen LogP contribution >= 0.6 is 0 Å². The zero-order valence-electron chi connectivity index (χ0n) is 13.7. The summed E-state index contributed by atoms with van der Waals surface area (Å²) in [6.45, 7) is 3.94. The fraction of sp³-hybridized carbons (Fsp3) is 0.105. The third-order valence-electron chi connectivity index (χ3n) is 3.13. The molecule has 1 aromatic carbocycles. The fourth-order valence-corrected chi connectivity index (χ4v) is 1.98. The molecule has 0 fully saturated rings. The SMILES string of the molecule is C=CCOc1ccc(C=C(C#N)C(=O)Nc2ccccn2)cc1OC. The van der Waals surface area contributed by atoms with Crippen molar-refractivity contribution in [3.8, 4) is 17.6 Å². The van der Waals surface area contributed by atoms with Crippen LogP contribution in [0, 0.1) is 11.3 Å². The number of carbonyl (C=O) groups is 1. The number of nitrogens with one attached hydrogen (secondary N) is 1. The summed E-state index contributed by atoms with van der Waals surface area (Å²) in [5.74, 6) is 0.889. The van der Waals surface area contributed by atoms with Crippen LogP contribution in [0.2, 0.25) is 0 Å². The molecule has 0 atom stereocenters. The normalized spacial score (nSPS) is 10.5. The zero-order chi connectivity index (χ0) is 18.1. The third kappa shape index (κ3) is 4.94. The monoisotopic (exact) mass is 335 g/mol. The average Bonchev–Trinajstić information content (AvgIpc) is 2.65. The predicted octanol–water partition coefficient (Wildman–Crippen LogP) is 3.20. The van der Waals surface area contributed by atoms with Crippen molar-refractivity contribution in [1.29, 1.82) is 5.26 Å². The van der Waals surface area contributed by atoms with Crippen molar-refractivity contribution in [2.45, 2.75) is 0 Å². The van der Waals surface area contributed by atoms with E-state index in [0.29, 0.717) is 29.5 Å². The minimum atomic E-state index is -0.535. The maximum absolute atomic E-state index is 12.2. The van der Waals surface area contributed by atoms with E-state index < -0.39 is 5.91 Å². The molecule has 1 N–H and O–H groups in total. The Balaban J connectivity index is 2.22. The molecular formula is C19H17N3O3. The summed E-state index contributed by atoms with van der Waals surface area (Å²) >= 11 is 0. The van der Waals surface area contributed by atoms with Gasteiger partial charge in [0, 0.05) is 6.20 Å². The van der Waals surface area contributed by atoms with Crippen molar-refractivity contribution in [2.75, 3.05) is 19.0 Å². The van der Waals surface area contributed by atoms with E-state index in [1.807, 2.05) is 6.07 Å². The van der Waals surface area contributed by atoms with Gasteiger partial charge in [-0.05, 0) is 35.9 Å². The number of hydrogen-bond acceptors (Lipinski definition) is 5. The lowest BCUT2D eigenvalue weighted by Gasteiger charge is -2.10. The Hall–Kier alpha value is -3.59. The minimum Gasteiger partial charge on any atom is -0.493 e. The number of methoxy groups -OCH3 is 1. The molecule has 0 spiro atoms. The van der Waals surface area contributed by atoms with Crippen LogP contribution in [0.4, 0.5) is 5.82 Å². The van der Waals surface area contributed by atoms with Crippen molar-refractivity contribution in [1.82, 2.24) is 4.98 Å². The smallest absolute Gasteiger partial charge is 0.267 e. The van der Waals surface area contributed by atoms with Gasteiger partial charge >= 0.3 is 0 Å². The van der Waals surface area contributed by atoms with Crippen LogP contribution in [0.25, 0.3) is 6.08 Å². The topological polar surface area (TPSA) is 84.2 Å². The lowest BCUT2D eigenvalue weighted by molar-refractivity contribution is -0.112. The first kappa shape index (κ1) is 17.8. The number of rotatable bonds is 7. The van der Waals surface area contributed by atoms with Gasteiger partial charge in [0.2, 0.25) is 0 Å². The molecule has 0 radical (unpaired) electrons. The number of hydrogen-bond donors (Lipinski definition) is 1. The highest BCUT2D eigenvalue weighted by Gasteiger charge is 2.11. The standard InChI is InChI=1S/C19H17N3O3/c1-3-10-25-16-8-7-14(12-17(16)24-2)11-15(13-20)19(23)22-18-6-4-5-9-21-18/h3-9,11-12H,1,10H2,2H3,(H,21,22,23). The zero-order valence-corrected chi connectivity index (χ0v) is 13.7. The van der Waals surface area contributed by atoms with E-state index in [4.69, 9.17) is 9.47 Å². The Morgan fingerprint density at radius 1 is 1.36 bits per heavy atom. The number of carbonyl (C=O) groups excluding carboxylic acids is 1. The lowest BCUT2D eigenvalue weighted by Crippen LogP contribution is -2.14. The number of nitrogens with zero attached hydrogens (tertiary/aromatic N) is 2. The Bertz CT molecular complexity index is 824. The molecule has 126 valence electrons. The summed E-state index contributed by atoms with van der Waals surface area (Å²) in [5, 5.41) is 11.8. The Kier molecular flexibility index (Phi) is 6.32. The van der Waals surface area contributed by atoms with Crippen LogP contribution in [-0.4, -0.2) is 24.6 Å². The van der Waals surface area contributed by atoms with Gasteiger partial charge in [0.1, 0.15) is 24.1 Å². The summed E-state index contributed by atoms with van der Waals surface area (Å²) in [5.41, 5.74) is 0.586. The first-order valence-corrected chi connectivity index (χ1v) is 7.44. The highest BCUT2D eigenvalue weighted by atomic mass is 16.5. The molecule has 0 aliphatic heterocycles. The Morgan fingerprint density at radius 3 is 2.84 bits per heavy atom. The van der Waals surface area contributed by atoms with Crippen molar-refractivity contribution in [3.63, 3.8) is 0 Å². The summed E-state index contributed by atoms with van der Waals surface area (Å²) in [6, 6.07) is 12.1. The Labute approximate surface area is 146 Å². The number of amides is 1. The molecule has 0 aliphatic rings. The van der Waals surface area contributed by atoms with Crippen LogP contribution in [0.3, 0.4) is 0 Å². The largest absolute Gasteiger partial charge is 0.493 e. The average molecular weight is 335 g/mol. The van der Waals surface area contributed by atoms with Crippen LogP contribution in [0.5, 0.6) is 11.5 Å².